The molecule has 3 N–H and O–H groups in total. The number of nitrogens with two attached hydrogens (primary N) is 1. The van der Waals surface area contributed by atoms with Crippen molar-refractivity contribution < 1.29 is 4.74 Å². The van der Waals surface area contributed by atoms with E-state index in [4.69, 9.17) is 10.5 Å². The minimum atomic E-state index is 0.543. The summed E-state index contributed by atoms with van der Waals surface area (Å²) < 4.78 is 6.80. The van der Waals surface area contributed by atoms with Crippen molar-refractivity contribution in [2.75, 3.05) is 25.6 Å². The Morgan fingerprint density at radius 3 is 2.77 bits per heavy atom. The second-order valence-corrected chi connectivity index (χ2v) is 4.96. The van der Waals surface area contributed by atoms with Crippen molar-refractivity contribution >= 4 is 11.5 Å². The summed E-state index contributed by atoms with van der Waals surface area (Å²) in [6.07, 6.45) is 3.73. The van der Waals surface area contributed by atoms with Crippen molar-refractivity contribution in [3.8, 4) is 11.1 Å². The fourth-order valence-electron chi connectivity index (χ4n) is 2.27. The van der Waals surface area contributed by atoms with Gasteiger partial charge in [-0.1, -0.05) is 24.3 Å². The van der Waals surface area contributed by atoms with E-state index in [0.29, 0.717) is 19.7 Å². The van der Waals surface area contributed by atoms with Gasteiger partial charge in [0.25, 0.3) is 0 Å². The fourth-order valence-corrected chi connectivity index (χ4v) is 2.27. The van der Waals surface area contributed by atoms with Crippen molar-refractivity contribution in [2.45, 2.75) is 6.54 Å². The predicted molar refractivity (Wildman–Crippen MR) is 86.7 cm³/mol. The molecule has 0 radical (unpaired) electrons. The Bertz CT molecular complexity index is 751. The van der Waals surface area contributed by atoms with Crippen LogP contribution < -0.4 is 11.1 Å². The van der Waals surface area contributed by atoms with Crippen LogP contribution in [-0.4, -0.2) is 34.9 Å². The van der Waals surface area contributed by atoms with Gasteiger partial charge in [0.15, 0.2) is 5.65 Å². The number of anilines is 1. The molecule has 0 unspecified atom stereocenters. The lowest BCUT2D eigenvalue weighted by atomic mass is 10.1. The third-order valence-electron chi connectivity index (χ3n) is 3.48. The van der Waals surface area contributed by atoms with Gasteiger partial charge < -0.3 is 15.8 Å². The van der Waals surface area contributed by atoms with Gasteiger partial charge in [0.2, 0.25) is 0 Å². The molecular formula is C16H19N5O. The first kappa shape index (κ1) is 14.5. The molecule has 0 bridgehead atoms. The molecule has 2 aromatic heterocycles. The van der Waals surface area contributed by atoms with Crippen molar-refractivity contribution in [3.05, 3.63) is 48.3 Å². The van der Waals surface area contributed by atoms with Gasteiger partial charge in [-0.3, -0.25) is 0 Å². The molecule has 3 aromatic rings. The Morgan fingerprint density at radius 2 is 2.05 bits per heavy atom. The van der Waals surface area contributed by atoms with E-state index in [1.54, 1.807) is 11.6 Å². The first-order valence-electron chi connectivity index (χ1n) is 7.18. The molecule has 22 heavy (non-hydrogen) atoms. The first-order chi connectivity index (χ1) is 10.8. The Kier molecular flexibility index (Phi) is 4.32. The summed E-state index contributed by atoms with van der Waals surface area (Å²) in [7, 11) is 1.68. The predicted octanol–water partition coefficient (Wildman–Crippen LogP) is 1.91. The summed E-state index contributed by atoms with van der Waals surface area (Å²) in [6, 6.07) is 10.0. The number of nitrogens with zero attached hydrogens (tertiary/aromatic N) is 3. The largest absolute Gasteiger partial charge is 0.383 e. The number of nitrogens with one attached hydrogen (secondary N) is 1. The molecule has 6 heteroatoms. The highest BCUT2D eigenvalue weighted by Crippen LogP contribution is 2.24. The van der Waals surface area contributed by atoms with Gasteiger partial charge in [-0.15, -0.1) is 0 Å². The van der Waals surface area contributed by atoms with Gasteiger partial charge in [0, 0.05) is 32.0 Å². The smallest absolute Gasteiger partial charge is 0.165 e. The highest BCUT2D eigenvalue weighted by Gasteiger charge is 2.09. The Morgan fingerprint density at radius 1 is 1.23 bits per heavy atom. The summed E-state index contributed by atoms with van der Waals surface area (Å²) in [5.41, 5.74) is 9.64. The molecule has 0 spiro atoms. The maximum Gasteiger partial charge on any atom is 0.165 e. The molecular weight excluding hydrogens is 278 g/mol. The van der Waals surface area contributed by atoms with Gasteiger partial charge in [0.05, 0.1) is 12.8 Å². The molecule has 6 nitrogen and oxygen atoms in total. The summed E-state index contributed by atoms with van der Waals surface area (Å²) in [5.74, 6) is 0.810. The second-order valence-electron chi connectivity index (χ2n) is 4.96. The first-order valence-corrected chi connectivity index (χ1v) is 7.18. The standard InChI is InChI=1S/C16H19N5O/c1-22-9-7-18-15-6-8-21-16(20-15)14(11-19-21)13-4-2-12(10-17)3-5-13/h2-6,8,11H,7,9-10,17H2,1H3,(H,18,20). The Labute approximate surface area is 128 Å². The van der Waals surface area contributed by atoms with Crippen LogP contribution in [0.2, 0.25) is 0 Å². The van der Waals surface area contributed by atoms with Gasteiger partial charge in [-0.05, 0) is 17.2 Å². The van der Waals surface area contributed by atoms with Crippen LogP contribution in [0.5, 0.6) is 0 Å². The zero-order valence-corrected chi connectivity index (χ0v) is 12.5. The monoisotopic (exact) mass is 297 g/mol. The van der Waals surface area contributed by atoms with Gasteiger partial charge in [-0.2, -0.15) is 5.10 Å². The van der Waals surface area contributed by atoms with E-state index in [1.165, 1.54) is 0 Å². The number of hydrogen-bond acceptors (Lipinski definition) is 5. The molecule has 1 aromatic carbocycles. The minimum absolute atomic E-state index is 0.543. The number of methoxy groups -OCH3 is 1. The van der Waals surface area contributed by atoms with Crippen LogP contribution in [0.3, 0.4) is 0 Å². The van der Waals surface area contributed by atoms with Gasteiger partial charge in [0.1, 0.15) is 5.82 Å². The maximum atomic E-state index is 5.64. The minimum Gasteiger partial charge on any atom is -0.383 e. The summed E-state index contributed by atoms with van der Waals surface area (Å²) in [6.45, 7) is 1.90. The van der Waals surface area contributed by atoms with E-state index in [1.807, 2.05) is 42.7 Å². The number of benzene rings is 1. The number of rotatable bonds is 6. The van der Waals surface area contributed by atoms with Crippen molar-refractivity contribution in [2.24, 2.45) is 5.73 Å². The highest BCUT2D eigenvalue weighted by molar-refractivity contribution is 5.77. The third-order valence-corrected chi connectivity index (χ3v) is 3.48. The Balaban J connectivity index is 1.93. The van der Waals surface area contributed by atoms with Crippen LogP contribution in [0, 0.1) is 0 Å². The van der Waals surface area contributed by atoms with Gasteiger partial charge in [-0.25, -0.2) is 9.50 Å². The van der Waals surface area contributed by atoms with Crippen LogP contribution in [0.1, 0.15) is 5.56 Å². The SMILES string of the molecule is COCCNc1ccn2ncc(-c3ccc(CN)cc3)c2n1. The number of hydrogen-bond donors (Lipinski definition) is 2. The average Bonchev–Trinajstić information content (AvgIpc) is 2.98. The van der Waals surface area contributed by atoms with E-state index < -0.39 is 0 Å². The zero-order chi connectivity index (χ0) is 15.4. The van der Waals surface area contributed by atoms with Crippen molar-refractivity contribution in [3.63, 3.8) is 0 Å². The number of aromatic nitrogens is 3. The van der Waals surface area contributed by atoms with Crippen LogP contribution in [-0.2, 0) is 11.3 Å². The van der Waals surface area contributed by atoms with E-state index in [2.05, 4.69) is 15.4 Å². The molecule has 0 saturated carbocycles. The molecule has 3 rings (SSSR count). The van der Waals surface area contributed by atoms with E-state index in [-0.39, 0.29) is 0 Å². The normalized spacial score (nSPS) is 11.0. The fraction of sp³-hybridized carbons (Fsp3) is 0.250. The van der Waals surface area contributed by atoms with Crippen molar-refractivity contribution in [1.29, 1.82) is 0 Å². The average molecular weight is 297 g/mol. The molecule has 0 fully saturated rings. The summed E-state index contributed by atoms with van der Waals surface area (Å²) >= 11 is 0. The molecule has 0 aliphatic heterocycles. The summed E-state index contributed by atoms with van der Waals surface area (Å²) in [5, 5.41) is 7.58. The zero-order valence-electron chi connectivity index (χ0n) is 12.5. The van der Waals surface area contributed by atoms with E-state index >= 15 is 0 Å². The lowest BCUT2D eigenvalue weighted by Gasteiger charge is -2.06. The topological polar surface area (TPSA) is 77.5 Å². The van der Waals surface area contributed by atoms with Crippen LogP contribution in [0.25, 0.3) is 16.8 Å². The maximum absolute atomic E-state index is 5.64. The molecule has 114 valence electrons. The molecule has 0 atom stereocenters. The lowest BCUT2D eigenvalue weighted by Crippen LogP contribution is -2.09. The molecule has 2 heterocycles. The van der Waals surface area contributed by atoms with E-state index in [0.717, 1.165) is 28.2 Å². The van der Waals surface area contributed by atoms with Gasteiger partial charge >= 0.3 is 0 Å². The molecule has 0 amide bonds. The van der Waals surface area contributed by atoms with Crippen molar-refractivity contribution in [1.82, 2.24) is 14.6 Å². The number of ether oxygens (including phenoxy) is 1. The molecule has 0 aliphatic carbocycles. The van der Waals surface area contributed by atoms with Crippen LogP contribution in [0.4, 0.5) is 5.82 Å². The van der Waals surface area contributed by atoms with Crippen LogP contribution in [0.15, 0.2) is 42.7 Å². The molecule has 0 saturated heterocycles. The Hall–Kier alpha value is -2.44. The lowest BCUT2D eigenvalue weighted by molar-refractivity contribution is 0.210. The highest BCUT2D eigenvalue weighted by atomic mass is 16.5. The summed E-state index contributed by atoms with van der Waals surface area (Å²) in [4.78, 5) is 4.64. The van der Waals surface area contributed by atoms with E-state index in [9.17, 15) is 0 Å². The molecule has 0 aliphatic rings. The quantitative estimate of drug-likeness (QED) is 0.680. The number of fused-ring (bicyclic) bond motifs is 1. The third kappa shape index (κ3) is 2.93. The van der Waals surface area contributed by atoms with Crippen LogP contribution >= 0.6 is 0 Å². The second kappa shape index (κ2) is 6.55.